The van der Waals surface area contributed by atoms with Crippen molar-refractivity contribution in [1.29, 1.82) is 0 Å². The SMILES string of the molecule is CC(C)Oc1ccc2c(c1)CCC(c1ccccc1)=C2C(=O)c1ccc(OCCN2CCCCCC2)cc1. The van der Waals surface area contributed by atoms with Gasteiger partial charge in [-0.3, -0.25) is 9.69 Å². The molecule has 0 saturated carbocycles. The molecule has 2 aliphatic rings. The third kappa shape index (κ3) is 6.36. The average molecular weight is 510 g/mol. The van der Waals surface area contributed by atoms with E-state index in [1.165, 1.54) is 44.3 Å². The van der Waals surface area contributed by atoms with Gasteiger partial charge in [0, 0.05) is 17.7 Å². The van der Waals surface area contributed by atoms with E-state index in [1.54, 1.807) is 0 Å². The van der Waals surface area contributed by atoms with Gasteiger partial charge in [-0.15, -0.1) is 0 Å². The molecule has 1 saturated heterocycles. The molecule has 5 rings (SSSR count). The van der Waals surface area contributed by atoms with Crippen LogP contribution in [0.25, 0.3) is 11.1 Å². The number of fused-ring (bicyclic) bond motifs is 1. The highest BCUT2D eigenvalue weighted by Gasteiger charge is 2.26. The van der Waals surface area contributed by atoms with E-state index in [-0.39, 0.29) is 11.9 Å². The standard InChI is InChI=1S/C34H39NO3/c1-25(2)38-30-17-19-32-28(24-30)14-18-31(26-10-6-5-7-11-26)33(32)34(36)27-12-15-29(16-13-27)37-23-22-35-20-8-3-4-9-21-35/h5-7,10-13,15-17,19,24-25H,3-4,8-9,14,18,20-23H2,1-2H3. The second-order valence-corrected chi connectivity index (χ2v) is 10.7. The number of hydrogen-bond acceptors (Lipinski definition) is 4. The molecule has 0 amide bonds. The van der Waals surface area contributed by atoms with Crippen LogP contribution in [0.5, 0.6) is 11.5 Å². The Hall–Kier alpha value is -3.37. The van der Waals surface area contributed by atoms with Crippen LogP contribution in [0, 0.1) is 0 Å². The van der Waals surface area contributed by atoms with Crippen molar-refractivity contribution in [3.05, 3.63) is 95.1 Å². The lowest BCUT2D eigenvalue weighted by atomic mass is 9.79. The van der Waals surface area contributed by atoms with E-state index in [9.17, 15) is 4.79 Å². The molecule has 3 aromatic carbocycles. The lowest BCUT2D eigenvalue weighted by Gasteiger charge is -2.24. The van der Waals surface area contributed by atoms with Gasteiger partial charge in [-0.2, -0.15) is 0 Å². The summed E-state index contributed by atoms with van der Waals surface area (Å²) in [6, 6.07) is 24.1. The van der Waals surface area contributed by atoms with Crippen molar-refractivity contribution >= 4 is 16.9 Å². The highest BCUT2D eigenvalue weighted by atomic mass is 16.5. The summed E-state index contributed by atoms with van der Waals surface area (Å²) in [7, 11) is 0. The molecule has 1 aliphatic heterocycles. The lowest BCUT2D eigenvalue weighted by Crippen LogP contribution is -2.29. The Morgan fingerprint density at radius 3 is 2.26 bits per heavy atom. The Balaban J connectivity index is 1.37. The molecule has 0 spiro atoms. The van der Waals surface area contributed by atoms with Gasteiger partial charge >= 0.3 is 0 Å². The van der Waals surface area contributed by atoms with Crippen LogP contribution in [0.1, 0.15) is 73.0 Å². The monoisotopic (exact) mass is 509 g/mol. The van der Waals surface area contributed by atoms with E-state index in [0.717, 1.165) is 53.2 Å². The van der Waals surface area contributed by atoms with Crippen molar-refractivity contribution in [2.45, 2.75) is 58.5 Å². The van der Waals surface area contributed by atoms with Crippen LogP contribution in [0.3, 0.4) is 0 Å². The maximum atomic E-state index is 14.0. The van der Waals surface area contributed by atoms with Crippen molar-refractivity contribution in [3.63, 3.8) is 0 Å². The first-order chi connectivity index (χ1) is 18.6. The molecule has 0 aromatic heterocycles. The first-order valence-corrected chi connectivity index (χ1v) is 14.2. The molecule has 0 bridgehead atoms. The fraction of sp³-hybridized carbons (Fsp3) is 0.382. The minimum atomic E-state index is 0.0541. The molecular weight excluding hydrogens is 470 g/mol. The normalized spacial score (nSPS) is 16.2. The van der Waals surface area contributed by atoms with Gasteiger partial charge in [-0.05, 0) is 111 Å². The highest BCUT2D eigenvalue weighted by molar-refractivity contribution is 6.35. The van der Waals surface area contributed by atoms with E-state index < -0.39 is 0 Å². The van der Waals surface area contributed by atoms with Gasteiger partial charge in [0.2, 0.25) is 0 Å². The van der Waals surface area contributed by atoms with E-state index in [4.69, 9.17) is 9.47 Å². The summed E-state index contributed by atoms with van der Waals surface area (Å²) >= 11 is 0. The maximum absolute atomic E-state index is 14.0. The van der Waals surface area contributed by atoms with Gasteiger partial charge < -0.3 is 9.47 Å². The van der Waals surface area contributed by atoms with Crippen LogP contribution in [0.15, 0.2) is 72.8 Å². The molecular formula is C34H39NO3. The Morgan fingerprint density at radius 1 is 0.842 bits per heavy atom. The minimum Gasteiger partial charge on any atom is -0.492 e. The molecule has 0 N–H and O–H groups in total. The Kier molecular flexibility index (Phi) is 8.60. The lowest BCUT2D eigenvalue weighted by molar-refractivity contribution is 0.105. The van der Waals surface area contributed by atoms with E-state index in [2.05, 4.69) is 29.2 Å². The van der Waals surface area contributed by atoms with Gasteiger partial charge in [-0.1, -0.05) is 49.2 Å². The largest absolute Gasteiger partial charge is 0.492 e. The molecule has 38 heavy (non-hydrogen) atoms. The number of rotatable bonds is 9. The number of hydrogen-bond donors (Lipinski definition) is 0. The van der Waals surface area contributed by atoms with Gasteiger partial charge in [-0.25, -0.2) is 0 Å². The molecule has 0 unspecified atom stereocenters. The van der Waals surface area contributed by atoms with E-state index >= 15 is 0 Å². The third-order valence-corrected chi connectivity index (χ3v) is 7.50. The Morgan fingerprint density at radius 2 is 1.55 bits per heavy atom. The van der Waals surface area contributed by atoms with Gasteiger partial charge in [0.05, 0.1) is 6.10 Å². The summed E-state index contributed by atoms with van der Waals surface area (Å²) < 4.78 is 12.0. The average Bonchev–Trinajstić information content (AvgIpc) is 3.21. The van der Waals surface area contributed by atoms with Gasteiger partial charge in [0.1, 0.15) is 18.1 Å². The molecule has 1 heterocycles. The third-order valence-electron chi connectivity index (χ3n) is 7.50. The summed E-state index contributed by atoms with van der Waals surface area (Å²) in [6.45, 7) is 8.02. The molecule has 4 heteroatoms. The zero-order chi connectivity index (χ0) is 26.3. The van der Waals surface area contributed by atoms with Crippen molar-refractivity contribution in [3.8, 4) is 11.5 Å². The zero-order valence-electron chi connectivity index (χ0n) is 22.7. The van der Waals surface area contributed by atoms with Crippen LogP contribution >= 0.6 is 0 Å². The van der Waals surface area contributed by atoms with Crippen molar-refractivity contribution in [2.24, 2.45) is 0 Å². The fourth-order valence-electron chi connectivity index (χ4n) is 5.60. The van der Waals surface area contributed by atoms with Crippen molar-refractivity contribution in [1.82, 2.24) is 4.90 Å². The van der Waals surface area contributed by atoms with E-state index in [1.807, 2.05) is 62.4 Å². The molecule has 3 aromatic rings. The number of benzene rings is 3. The smallest absolute Gasteiger partial charge is 0.193 e. The van der Waals surface area contributed by atoms with Crippen molar-refractivity contribution < 1.29 is 14.3 Å². The molecule has 0 radical (unpaired) electrons. The summed E-state index contributed by atoms with van der Waals surface area (Å²) in [5.41, 5.74) is 5.87. The number of ketones is 1. The number of carbonyl (C=O) groups excluding carboxylic acids is 1. The fourth-order valence-corrected chi connectivity index (χ4v) is 5.60. The summed E-state index contributed by atoms with van der Waals surface area (Å²) in [5, 5.41) is 0. The number of aryl methyl sites for hydroxylation is 1. The van der Waals surface area contributed by atoms with Crippen LogP contribution in [0.2, 0.25) is 0 Å². The van der Waals surface area contributed by atoms with Gasteiger partial charge in [0.25, 0.3) is 0 Å². The van der Waals surface area contributed by atoms with Crippen LogP contribution in [-0.4, -0.2) is 43.0 Å². The molecule has 1 aliphatic carbocycles. The number of allylic oxidation sites excluding steroid dienone is 2. The summed E-state index contributed by atoms with van der Waals surface area (Å²) in [6.07, 6.45) is 7.06. The molecule has 4 nitrogen and oxygen atoms in total. The number of nitrogens with zero attached hydrogens (tertiary/aromatic N) is 1. The van der Waals surface area contributed by atoms with E-state index in [0.29, 0.717) is 12.2 Å². The van der Waals surface area contributed by atoms with Gasteiger partial charge in [0.15, 0.2) is 5.78 Å². The topological polar surface area (TPSA) is 38.8 Å². The minimum absolute atomic E-state index is 0.0541. The number of carbonyl (C=O) groups is 1. The maximum Gasteiger partial charge on any atom is 0.193 e. The number of ether oxygens (including phenoxy) is 2. The van der Waals surface area contributed by atoms with Crippen LogP contribution < -0.4 is 9.47 Å². The first kappa shape index (κ1) is 26.2. The van der Waals surface area contributed by atoms with Crippen LogP contribution in [0.4, 0.5) is 0 Å². The number of likely N-dealkylation sites (tertiary alicyclic amines) is 1. The van der Waals surface area contributed by atoms with Crippen LogP contribution in [-0.2, 0) is 6.42 Å². The molecule has 1 fully saturated rings. The predicted molar refractivity (Wildman–Crippen MR) is 155 cm³/mol. The second-order valence-electron chi connectivity index (χ2n) is 10.7. The molecule has 0 atom stereocenters. The Labute approximate surface area is 227 Å². The van der Waals surface area contributed by atoms with Crippen molar-refractivity contribution in [2.75, 3.05) is 26.2 Å². The summed E-state index contributed by atoms with van der Waals surface area (Å²) in [4.78, 5) is 16.5. The zero-order valence-corrected chi connectivity index (χ0v) is 22.7. The Bertz CT molecular complexity index is 1250. The quantitative estimate of drug-likeness (QED) is 0.281. The second kappa shape index (κ2) is 12.4. The predicted octanol–water partition coefficient (Wildman–Crippen LogP) is 7.47. The summed E-state index contributed by atoms with van der Waals surface area (Å²) in [5.74, 6) is 1.72. The number of Topliss-reactive ketones (excluding diaryl/α,β-unsaturated/α-hetero) is 1. The first-order valence-electron chi connectivity index (χ1n) is 14.2. The highest BCUT2D eigenvalue weighted by Crippen LogP contribution is 2.40. The molecule has 198 valence electrons.